The van der Waals surface area contributed by atoms with E-state index in [2.05, 4.69) is 10.6 Å². The van der Waals surface area contributed by atoms with Crippen LogP contribution in [0.1, 0.15) is 32.2 Å². The largest absolute Gasteiger partial charge is 0.475 e. The fraction of sp³-hybridized carbons (Fsp3) is 0.0870. The van der Waals surface area contributed by atoms with Crippen LogP contribution in [0.4, 0.5) is 16.2 Å². The van der Waals surface area contributed by atoms with Gasteiger partial charge in [0.25, 0.3) is 0 Å². The minimum Gasteiger partial charge on any atom is -0.475 e. The highest BCUT2D eigenvalue weighted by Gasteiger charge is 2.18. The van der Waals surface area contributed by atoms with Crippen molar-refractivity contribution >= 4 is 51.3 Å². The van der Waals surface area contributed by atoms with Gasteiger partial charge in [0.05, 0.1) is 22.1 Å². The van der Waals surface area contributed by atoms with E-state index >= 15 is 0 Å². The zero-order valence-electron chi connectivity index (χ0n) is 17.7. The molecule has 0 atom stereocenters. The number of carbonyl (C=O) groups excluding carboxylic acids is 1. The number of carboxylic acids is 2. The third-order valence-corrected chi connectivity index (χ3v) is 4.86. The van der Waals surface area contributed by atoms with E-state index in [-0.39, 0.29) is 33.3 Å². The fourth-order valence-corrected chi connectivity index (χ4v) is 3.48. The second-order valence-electron chi connectivity index (χ2n) is 7.52. The Hall–Kier alpha value is -4.93. The van der Waals surface area contributed by atoms with Crippen molar-refractivity contribution in [2.75, 3.05) is 10.6 Å². The number of aryl methyl sites for hydroxylation is 2. The summed E-state index contributed by atoms with van der Waals surface area (Å²) in [5.74, 6) is -4.11. The van der Waals surface area contributed by atoms with E-state index in [0.717, 1.165) is 12.1 Å². The number of anilines is 2. The summed E-state index contributed by atoms with van der Waals surface area (Å²) in [5.41, 5.74) is -0.238. The zero-order valence-corrected chi connectivity index (χ0v) is 17.7. The molecule has 2 heterocycles. The first-order valence-electron chi connectivity index (χ1n) is 9.75. The maximum absolute atomic E-state index is 12.8. The molecule has 0 aliphatic heterocycles. The average Bonchev–Trinajstić information content (AvgIpc) is 2.74. The predicted octanol–water partition coefficient (Wildman–Crippen LogP) is 3.56. The highest BCUT2D eigenvalue weighted by molar-refractivity contribution is 6.08. The van der Waals surface area contributed by atoms with Gasteiger partial charge in [0, 0.05) is 12.1 Å². The number of rotatable bonds is 4. The average molecular weight is 464 g/mol. The van der Waals surface area contributed by atoms with Crippen molar-refractivity contribution in [3.05, 3.63) is 79.5 Å². The van der Waals surface area contributed by atoms with Crippen LogP contribution in [0.5, 0.6) is 0 Å². The third kappa shape index (κ3) is 4.09. The maximum atomic E-state index is 12.8. The molecular weight excluding hydrogens is 448 g/mol. The Labute approximate surface area is 189 Å². The SMILES string of the molecule is Cc1cc(NC(=O)Nc2cc(C)cc3c(=O)cc(C(=O)O)oc23)c2oc(C(=O)O)cc(=O)c2c1. The van der Waals surface area contributed by atoms with Crippen molar-refractivity contribution in [2.24, 2.45) is 0 Å². The summed E-state index contributed by atoms with van der Waals surface area (Å²) < 4.78 is 10.6. The Morgan fingerprint density at radius 1 is 0.676 bits per heavy atom. The lowest BCUT2D eigenvalue weighted by Crippen LogP contribution is -2.21. The van der Waals surface area contributed by atoms with Gasteiger partial charge in [0.1, 0.15) is 0 Å². The van der Waals surface area contributed by atoms with Gasteiger partial charge in [0.15, 0.2) is 22.0 Å². The van der Waals surface area contributed by atoms with E-state index in [9.17, 15) is 34.2 Å². The highest BCUT2D eigenvalue weighted by Crippen LogP contribution is 2.27. The van der Waals surface area contributed by atoms with Crippen LogP contribution in [0.15, 0.2) is 54.8 Å². The van der Waals surface area contributed by atoms with Crippen LogP contribution in [-0.4, -0.2) is 28.2 Å². The molecule has 0 spiro atoms. The minimum atomic E-state index is -1.45. The molecule has 2 amide bonds. The number of fused-ring (bicyclic) bond motifs is 2. The zero-order chi connectivity index (χ0) is 24.7. The molecule has 0 saturated carbocycles. The number of amides is 2. The summed E-state index contributed by atoms with van der Waals surface area (Å²) in [7, 11) is 0. The molecule has 0 fully saturated rings. The van der Waals surface area contributed by atoms with Crippen molar-refractivity contribution in [3.8, 4) is 0 Å². The Kier molecular flexibility index (Phi) is 5.37. The lowest BCUT2D eigenvalue weighted by molar-refractivity contribution is 0.0653. The summed E-state index contributed by atoms with van der Waals surface area (Å²) in [6, 6.07) is 6.79. The van der Waals surface area contributed by atoms with Crippen LogP contribution >= 0.6 is 0 Å². The molecule has 0 radical (unpaired) electrons. The van der Waals surface area contributed by atoms with Crippen molar-refractivity contribution in [3.63, 3.8) is 0 Å². The first kappa shape index (κ1) is 22.3. The second-order valence-corrected chi connectivity index (χ2v) is 7.52. The molecule has 11 heteroatoms. The first-order valence-corrected chi connectivity index (χ1v) is 9.75. The molecule has 4 rings (SSSR count). The van der Waals surface area contributed by atoms with Gasteiger partial charge in [-0.15, -0.1) is 0 Å². The normalized spacial score (nSPS) is 10.9. The number of carboxylic acid groups (broad SMARTS) is 2. The molecule has 0 bridgehead atoms. The summed E-state index contributed by atoms with van der Waals surface area (Å²) in [4.78, 5) is 60.1. The molecule has 172 valence electrons. The summed E-state index contributed by atoms with van der Waals surface area (Å²) in [6.45, 7) is 3.34. The Bertz CT molecular complexity index is 1530. The monoisotopic (exact) mass is 464 g/mol. The van der Waals surface area contributed by atoms with Crippen LogP contribution in [0.2, 0.25) is 0 Å². The van der Waals surface area contributed by atoms with E-state index in [4.69, 9.17) is 8.83 Å². The Morgan fingerprint density at radius 2 is 1.06 bits per heavy atom. The maximum Gasteiger partial charge on any atom is 0.371 e. The van der Waals surface area contributed by atoms with Gasteiger partial charge in [-0.05, 0) is 49.2 Å². The molecule has 0 aliphatic carbocycles. The molecule has 0 unspecified atom stereocenters. The van der Waals surface area contributed by atoms with Crippen LogP contribution in [-0.2, 0) is 0 Å². The molecule has 2 aromatic heterocycles. The predicted molar refractivity (Wildman–Crippen MR) is 121 cm³/mol. The Balaban J connectivity index is 1.78. The van der Waals surface area contributed by atoms with E-state index in [1.807, 2.05) is 0 Å². The summed E-state index contributed by atoms with van der Waals surface area (Å²) in [5, 5.41) is 23.5. The molecule has 11 nitrogen and oxygen atoms in total. The quantitative estimate of drug-likeness (QED) is 0.352. The van der Waals surface area contributed by atoms with E-state index in [0.29, 0.717) is 11.1 Å². The Morgan fingerprint density at radius 3 is 1.41 bits per heavy atom. The van der Waals surface area contributed by atoms with E-state index in [1.165, 1.54) is 24.3 Å². The third-order valence-electron chi connectivity index (χ3n) is 4.86. The molecule has 0 aliphatic rings. The molecule has 0 saturated heterocycles. The van der Waals surface area contributed by atoms with Gasteiger partial charge in [-0.1, -0.05) is 0 Å². The molecule has 34 heavy (non-hydrogen) atoms. The number of urea groups is 1. The number of nitrogens with one attached hydrogen (secondary N) is 2. The van der Waals surface area contributed by atoms with Gasteiger partial charge in [-0.2, -0.15) is 0 Å². The van der Waals surface area contributed by atoms with Crippen LogP contribution < -0.4 is 21.5 Å². The first-order chi connectivity index (χ1) is 16.0. The number of hydrogen-bond acceptors (Lipinski definition) is 7. The minimum absolute atomic E-state index is 0.0253. The highest BCUT2D eigenvalue weighted by atomic mass is 16.4. The number of hydrogen-bond donors (Lipinski definition) is 4. The molecule has 4 N–H and O–H groups in total. The standard InChI is InChI=1S/C23H16N2O9/c1-9-3-11-15(26)7-17(21(28)29)33-19(11)13(5-9)24-23(32)25-14-6-10(2)4-12-16(27)8-18(22(30)31)34-20(12)14/h3-8H,1-2H3,(H,28,29)(H,30,31)(H2,24,25,32). The number of aromatic carboxylic acids is 2. The fourth-order valence-electron chi connectivity index (χ4n) is 3.48. The topological polar surface area (TPSA) is 176 Å². The van der Waals surface area contributed by atoms with E-state index < -0.39 is 40.3 Å². The molecule has 4 aromatic rings. The summed E-state index contributed by atoms with van der Waals surface area (Å²) >= 11 is 0. The lowest BCUT2D eigenvalue weighted by atomic mass is 10.1. The van der Waals surface area contributed by atoms with Gasteiger partial charge >= 0.3 is 18.0 Å². The smallest absolute Gasteiger partial charge is 0.371 e. The molecule has 2 aromatic carbocycles. The van der Waals surface area contributed by atoms with Crippen LogP contribution in [0, 0.1) is 13.8 Å². The number of benzene rings is 2. The van der Waals surface area contributed by atoms with Crippen molar-refractivity contribution in [1.82, 2.24) is 0 Å². The van der Waals surface area contributed by atoms with Gasteiger partial charge < -0.3 is 29.7 Å². The van der Waals surface area contributed by atoms with Crippen LogP contribution in [0.3, 0.4) is 0 Å². The van der Waals surface area contributed by atoms with Gasteiger partial charge in [0.2, 0.25) is 11.5 Å². The number of carbonyl (C=O) groups is 3. The molecular formula is C23H16N2O9. The van der Waals surface area contributed by atoms with Crippen molar-refractivity contribution < 1.29 is 33.4 Å². The van der Waals surface area contributed by atoms with Crippen molar-refractivity contribution in [2.45, 2.75) is 13.8 Å². The van der Waals surface area contributed by atoms with Crippen LogP contribution in [0.25, 0.3) is 21.9 Å². The van der Waals surface area contributed by atoms with Gasteiger partial charge in [-0.25, -0.2) is 14.4 Å². The lowest BCUT2D eigenvalue weighted by Gasteiger charge is -2.12. The summed E-state index contributed by atoms with van der Waals surface area (Å²) in [6.07, 6.45) is 0. The van der Waals surface area contributed by atoms with E-state index in [1.54, 1.807) is 13.8 Å². The van der Waals surface area contributed by atoms with Gasteiger partial charge in [-0.3, -0.25) is 9.59 Å². The van der Waals surface area contributed by atoms with Crippen molar-refractivity contribution in [1.29, 1.82) is 0 Å². The second kappa shape index (κ2) is 8.20.